The van der Waals surface area contributed by atoms with E-state index < -0.39 is 0 Å². The molecule has 1 heteroatoms. The van der Waals surface area contributed by atoms with Gasteiger partial charge in [0.2, 0.25) is 0 Å². The summed E-state index contributed by atoms with van der Waals surface area (Å²) >= 11 is 0. The molecule has 104 valence electrons. The Hall–Kier alpha value is -1.24. The quantitative estimate of drug-likeness (QED) is 0.687. The molecule has 0 amide bonds. The predicted octanol–water partition coefficient (Wildman–Crippen LogP) is 5.65. The molecule has 0 aliphatic rings. The number of hydrogen-bond acceptors (Lipinski definition) is 1. The second-order valence-corrected chi connectivity index (χ2v) is 4.19. The van der Waals surface area contributed by atoms with Crippen molar-refractivity contribution in [1.82, 2.24) is 0 Å². The summed E-state index contributed by atoms with van der Waals surface area (Å²) in [4.78, 5) is 0. The summed E-state index contributed by atoms with van der Waals surface area (Å²) in [7, 11) is 0. The number of aromatic hydroxyl groups is 1. The fourth-order valence-corrected chi connectivity index (χ4v) is 1.15. The zero-order chi connectivity index (χ0) is 14.6. The Morgan fingerprint density at radius 3 is 2.06 bits per heavy atom. The maximum atomic E-state index is 9.42. The van der Waals surface area contributed by atoms with E-state index in [2.05, 4.69) is 20.4 Å². The molecule has 0 unspecified atom stereocenters. The van der Waals surface area contributed by atoms with E-state index in [4.69, 9.17) is 0 Å². The number of hydrogen-bond donors (Lipinski definition) is 1. The van der Waals surface area contributed by atoms with Crippen LogP contribution in [-0.4, -0.2) is 5.11 Å². The van der Waals surface area contributed by atoms with Crippen molar-refractivity contribution in [3.8, 4) is 5.75 Å². The lowest BCUT2D eigenvalue weighted by Crippen LogP contribution is -1.84. The number of rotatable bonds is 3. The van der Waals surface area contributed by atoms with Gasteiger partial charge in [-0.1, -0.05) is 51.8 Å². The molecule has 1 aromatic rings. The van der Waals surface area contributed by atoms with Crippen molar-refractivity contribution in [1.29, 1.82) is 0 Å². The van der Waals surface area contributed by atoms with Gasteiger partial charge in [-0.05, 0) is 43.9 Å². The minimum atomic E-state index is 0.437. The lowest BCUT2D eigenvalue weighted by molar-refractivity contribution is 0.467. The highest BCUT2D eigenvalue weighted by Gasteiger charge is 1.98. The second-order valence-electron chi connectivity index (χ2n) is 4.19. The molecular weight excluding hydrogens is 220 g/mol. The molecule has 0 aliphatic carbocycles. The van der Waals surface area contributed by atoms with E-state index in [0.717, 1.165) is 30.4 Å². The molecule has 0 bridgehead atoms. The average Bonchev–Trinajstić information content (AvgIpc) is 2.36. The highest BCUT2D eigenvalue weighted by Crippen LogP contribution is 2.19. The van der Waals surface area contributed by atoms with Gasteiger partial charge >= 0.3 is 0 Å². The van der Waals surface area contributed by atoms with Crippen LogP contribution in [0.2, 0.25) is 0 Å². The van der Waals surface area contributed by atoms with Gasteiger partial charge in [0.15, 0.2) is 0 Å². The molecule has 0 radical (unpaired) electrons. The van der Waals surface area contributed by atoms with Gasteiger partial charge in [-0.15, -0.1) is 6.58 Å². The zero-order valence-corrected chi connectivity index (χ0v) is 13.0. The van der Waals surface area contributed by atoms with Crippen LogP contribution >= 0.6 is 0 Å². The van der Waals surface area contributed by atoms with Crippen LogP contribution in [0.5, 0.6) is 5.75 Å². The molecular formula is C17H30O. The molecule has 1 N–H and O–H groups in total. The summed E-state index contributed by atoms with van der Waals surface area (Å²) in [6, 6.07) is 5.84. The van der Waals surface area contributed by atoms with Gasteiger partial charge in [0.25, 0.3) is 0 Å². The van der Waals surface area contributed by atoms with Crippen molar-refractivity contribution in [2.24, 2.45) is 0 Å². The van der Waals surface area contributed by atoms with Crippen LogP contribution in [0.4, 0.5) is 0 Å². The Balaban J connectivity index is 0. The third-order valence-electron chi connectivity index (χ3n) is 2.36. The first-order chi connectivity index (χ1) is 8.51. The monoisotopic (exact) mass is 250 g/mol. The molecule has 0 fully saturated rings. The van der Waals surface area contributed by atoms with Crippen LogP contribution in [0.15, 0.2) is 30.4 Å². The summed E-state index contributed by atoms with van der Waals surface area (Å²) in [5.41, 5.74) is 3.42. The molecule has 0 heterocycles. The highest BCUT2D eigenvalue weighted by molar-refractivity contribution is 5.35. The Bertz CT molecular complexity index is 326. The van der Waals surface area contributed by atoms with Gasteiger partial charge in [-0.3, -0.25) is 0 Å². The van der Waals surface area contributed by atoms with Crippen molar-refractivity contribution in [3.63, 3.8) is 0 Å². The molecule has 18 heavy (non-hydrogen) atoms. The van der Waals surface area contributed by atoms with E-state index in [9.17, 15) is 5.11 Å². The SMILES string of the molecule is C=C(C)CC.CC.CCCc1ccc(C)cc1O. The van der Waals surface area contributed by atoms with E-state index in [0.29, 0.717) is 5.75 Å². The molecule has 1 rings (SSSR count). The van der Waals surface area contributed by atoms with Crippen LogP contribution in [-0.2, 0) is 6.42 Å². The first-order valence-electron chi connectivity index (χ1n) is 6.94. The molecule has 0 atom stereocenters. The van der Waals surface area contributed by atoms with Gasteiger partial charge in [-0.25, -0.2) is 0 Å². The lowest BCUT2D eigenvalue weighted by Gasteiger charge is -2.02. The molecule has 0 spiro atoms. The summed E-state index contributed by atoms with van der Waals surface area (Å²) in [5, 5.41) is 9.42. The Morgan fingerprint density at radius 2 is 1.72 bits per heavy atom. The predicted molar refractivity (Wildman–Crippen MR) is 83.3 cm³/mol. The summed E-state index contributed by atoms with van der Waals surface area (Å²) in [6.07, 6.45) is 3.16. The van der Waals surface area contributed by atoms with Gasteiger partial charge in [0.1, 0.15) is 5.75 Å². The molecule has 0 saturated heterocycles. The minimum absolute atomic E-state index is 0.437. The maximum Gasteiger partial charge on any atom is 0.119 e. The number of allylic oxidation sites excluding steroid dienone is 1. The van der Waals surface area contributed by atoms with E-state index in [1.54, 1.807) is 0 Å². The van der Waals surface area contributed by atoms with E-state index in [1.807, 2.05) is 45.9 Å². The second kappa shape index (κ2) is 12.2. The van der Waals surface area contributed by atoms with Gasteiger partial charge in [0, 0.05) is 0 Å². The standard InChI is InChI=1S/C10H14O.C5H10.C2H6/c1-3-4-9-6-5-8(2)7-10(9)11;1-4-5(2)3;1-2/h5-7,11H,3-4H2,1-2H3;2,4H2,1,3H3;1-2H3. The van der Waals surface area contributed by atoms with E-state index in [-0.39, 0.29) is 0 Å². The van der Waals surface area contributed by atoms with Crippen LogP contribution in [0, 0.1) is 6.92 Å². The summed E-state index contributed by atoms with van der Waals surface area (Å²) < 4.78 is 0. The topological polar surface area (TPSA) is 20.2 Å². The molecule has 0 aliphatic heterocycles. The van der Waals surface area contributed by atoms with Crippen LogP contribution < -0.4 is 0 Å². The van der Waals surface area contributed by atoms with Crippen molar-refractivity contribution < 1.29 is 5.11 Å². The highest BCUT2D eigenvalue weighted by atomic mass is 16.3. The molecule has 0 saturated carbocycles. The third kappa shape index (κ3) is 9.95. The van der Waals surface area contributed by atoms with E-state index >= 15 is 0 Å². The average molecular weight is 250 g/mol. The van der Waals surface area contributed by atoms with Crippen LogP contribution in [0.3, 0.4) is 0 Å². The number of phenols is 1. The first kappa shape index (κ1) is 19.1. The Morgan fingerprint density at radius 1 is 1.22 bits per heavy atom. The van der Waals surface area contributed by atoms with Crippen molar-refractivity contribution in [3.05, 3.63) is 41.5 Å². The number of benzene rings is 1. The van der Waals surface area contributed by atoms with Crippen molar-refractivity contribution in [2.75, 3.05) is 0 Å². The first-order valence-corrected chi connectivity index (χ1v) is 6.94. The fraction of sp³-hybridized carbons (Fsp3) is 0.529. The van der Waals surface area contributed by atoms with E-state index in [1.165, 1.54) is 5.57 Å². The maximum absolute atomic E-state index is 9.42. The van der Waals surface area contributed by atoms with Crippen molar-refractivity contribution >= 4 is 0 Å². The van der Waals surface area contributed by atoms with Gasteiger partial charge in [-0.2, -0.15) is 0 Å². The van der Waals surface area contributed by atoms with Crippen LogP contribution in [0.1, 0.15) is 58.6 Å². The smallest absolute Gasteiger partial charge is 0.119 e. The Labute approximate surface area is 114 Å². The fourth-order valence-electron chi connectivity index (χ4n) is 1.15. The minimum Gasteiger partial charge on any atom is -0.508 e. The largest absolute Gasteiger partial charge is 0.508 e. The normalized spacial score (nSPS) is 8.56. The number of phenolic OH excluding ortho intramolecular Hbond substituents is 1. The van der Waals surface area contributed by atoms with Gasteiger partial charge in [0.05, 0.1) is 0 Å². The summed E-state index contributed by atoms with van der Waals surface area (Å²) in [6.45, 7) is 15.9. The third-order valence-corrected chi connectivity index (χ3v) is 2.36. The van der Waals surface area contributed by atoms with Crippen LogP contribution in [0.25, 0.3) is 0 Å². The van der Waals surface area contributed by atoms with Crippen molar-refractivity contribution in [2.45, 2.75) is 60.8 Å². The number of aryl methyl sites for hydroxylation is 2. The van der Waals surface area contributed by atoms with Gasteiger partial charge < -0.3 is 5.11 Å². The molecule has 0 aromatic heterocycles. The molecule has 1 nitrogen and oxygen atoms in total. The summed E-state index contributed by atoms with van der Waals surface area (Å²) in [5.74, 6) is 0.437. The molecule has 1 aromatic carbocycles. The lowest BCUT2D eigenvalue weighted by atomic mass is 10.1. The zero-order valence-electron chi connectivity index (χ0n) is 13.0. The Kier molecular flexibility index (Phi) is 13.0.